The second-order valence-electron chi connectivity index (χ2n) is 24.7. The first-order valence-corrected chi connectivity index (χ1v) is 34.6. The van der Waals surface area contributed by atoms with Crippen molar-refractivity contribution in [3.05, 3.63) is 24.3 Å². The maximum Gasteiger partial charge on any atom is 0.220 e. The van der Waals surface area contributed by atoms with Crippen LogP contribution >= 0.6 is 0 Å². The monoisotopic (exact) mass is 1170 g/mol. The van der Waals surface area contributed by atoms with Gasteiger partial charge < -0.3 is 65.1 Å². The van der Waals surface area contributed by atoms with E-state index in [-0.39, 0.29) is 18.9 Å². The number of hydrogen-bond acceptors (Lipinski definition) is 13. The Bertz CT molecular complexity index is 1470. The Morgan fingerprint density at radius 2 is 0.780 bits per heavy atom. The molecule has 0 aromatic heterocycles. The van der Waals surface area contributed by atoms with Gasteiger partial charge in [0, 0.05) is 6.42 Å². The van der Waals surface area contributed by atoms with E-state index in [1.165, 1.54) is 238 Å². The molecule has 82 heavy (non-hydrogen) atoms. The van der Waals surface area contributed by atoms with Gasteiger partial charge in [0.05, 0.1) is 32.0 Å². The van der Waals surface area contributed by atoms with Crippen molar-refractivity contribution in [1.29, 1.82) is 0 Å². The molecule has 2 fully saturated rings. The van der Waals surface area contributed by atoms with E-state index in [0.29, 0.717) is 12.8 Å². The number of carbonyl (C=O) groups is 1. The number of nitrogens with one attached hydrogen (secondary N) is 1. The van der Waals surface area contributed by atoms with E-state index in [4.69, 9.17) is 18.9 Å². The predicted molar refractivity (Wildman–Crippen MR) is 332 cm³/mol. The van der Waals surface area contributed by atoms with Crippen molar-refractivity contribution in [1.82, 2.24) is 5.32 Å². The Kier molecular flexibility index (Phi) is 50.1. The molecule has 484 valence electrons. The molecule has 2 saturated heterocycles. The molecular weight excluding hydrogens is 1040 g/mol. The van der Waals surface area contributed by atoms with Crippen LogP contribution in [0.4, 0.5) is 0 Å². The van der Waals surface area contributed by atoms with Gasteiger partial charge in [0.2, 0.25) is 5.91 Å². The molecule has 2 aliphatic rings. The lowest BCUT2D eigenvalue weighted by atomic mass is 9.97. The molecule has 0 radical (unpaired) electrons. The van der Waals surface area contributed by atoms with Gasteiger partial charge in [-0.05, 0) is 25.7 Å². The number of aliphatic hydroxyl groups excluding tert-OH is 8. The highest BCUT2D eigenvalue weighted by Gasteiger charge is 2.51. The van der Waals surface area contributed by atoms with Gasteiger partial charge in [-0.1, -0.05) is 301 Å². The van der Waals surface area contributed by atoms with Gasteiger partial charge in [0.15, 0.2) is 12.6 Å². The smallest absolute Gasteiger partial charge is 0.220 e. The van der Waals surface area contributed by atoms with Gasteiger partial charge in [-0.2, -0.15) is 0 Å². The van der Waals surface area contributed by atoms with Crippen LogP contribution in [0.1, 0.15) is 309 Å². The minimum absolute atomic E-state index is 0.248. The number of aliphatic hydroxyl groups is 8. The van der Waals surface area contributed by atoms with E-state index in [2.05, 4.69) is 31.3 Å². The van der Waals surface area contributed by atoms with Crippen molar-refractivity contribution in [3.63, 3.8) is 0 Å². The Balaban J connectivity index is 1.45. The summed E-state index contributed by atoms with van der Waals surface area (Å²) in [6.07, 6.45) is 50.6. The van der Waals surface area contributed by atoms with Gasteiger partial charge in [-0.15, -0.1) is 0 Å². The average molecular weight is 1170 g/mol. The Labute approximate surface area is 500 Å². The van der Waals surface area contributed by atoms with E-state index in [1.807, 2.05) is 6.08 Å². The summed E-state index contributed by atoms with van der Waals surface area (Å²) in [6.45, 7) is 2.68. The summed E-state index contributed by atoms with van der Waals surface area (Å²) in [5.74, 6) is -0.248. The maximum atomic E-state index is 13.2. The van der Waals surface area contributed by atoms with Crippen LogP contribution < -0.4 is 5.32 Å². The molecule has 12 atom stereocenters. The molecule has 12 unspecified atom stereocenters. The summed E-state index contributed by atoms with van der Waals surface area (Å²) in [5, 5.41) is 86.7. The van der Waals surface area contributed by atoms with Crippen LogP contribution in [0.15, 0.2) is 24.3 Å². The summed E-state index contributed by atoms with van der Waals surface area (Å²) in [7, 11) is 0. The fourth-order valence-corrected chi connectivity index (χ4v) is 11.6. The highest BCUT2D eigenvalue weighted by atomic mass is 16.7. The summed E-state index contributed by atoms with van der Waals surface area (Å²) >= 11 is 0. The van der Waals surface area contributed by atoms with Gasteiger partial charge in [0.25, 0.3) is 0 Å². The van der Waals surface area contributed by atoms with Crippen LogP contribution in [0.25, 0.3) is 0 Å². The molecule has 2 rings (SSSR count). The van der Waals surface area contributed by atoms with Gasteiger partial charge >= 0.3 is 0 Å². The zero-order valence-electron chi connectivity index (χ0n) is 52.5. The lowest BCUT2D eigenvalue weighted by Crippen LogP contribution is -2.65. The minimum Gasteiger partial charge on any atom is -0.394 e. The van der Waals surface area contributed by atoms with Crippen molar-refractivity contribution in [2.75, 3.05) is 19.8 Å². The van der Waals surface area contributed by atoms with Crippen LogP contribution in [0.5, 0.6) is 0 Å². The van der Waals surface area contributed by atoms with Crippen LogP contribution in [0.3, 0.4) is 0 Å². The molecule has 14 nitrogen and oxygen atoms in total. The van der Waals surface area contributed by atoms with E-state index < -0.39 is 86.8 Å². The molecule has 0 spiro atoms. The second-order valence-corrected chi connectivity index (χ2v) is 24.7. The van der Waals surface area contributed by atoms with Crippen LogP contribution in [-0.4, -0.2) is 140 Å². The van der Waals surface area contributed by atoms with Gasteiger partial charge in [-0.3, -0.25) is 4.79 Å². The van der Waals surface area contributed by atoms with Crippen molar-refractivity contribution < 1.29 is 64.6 Å². The molecule has 0 saturated carbocycles. The van der Waals surface area contributed by atoms with E-state index in [1.54, 1.807) is 6.08 Å². The summed E-state index contributed by atoms with van der Waals surface area (Å²) in [6, 6.07) is -0.925. The largest absolute Gasteiger partial charge is 0.394 e. The molecule has 14 heteroatoms. The standard InChI is InChI=1S/C68H129NO13/c1-3-5-7-9-11-12-13-14-15-16-17-18-19-20-21-22-23-24-25-26-27-28-29-30-31-32-33-34-35-36-37-38-39-40-41-42-43-44-46-48-50-52-60(73)69-56(57(72)51-49-47-45-10-8-6-4-2)55-79-67-65(78)63(76)66(59(54-71)81-67)82-68-64(77)62(75)61(74)58(53-70)80-68/h8,10,49,51,56-59,61-68,70-72,74-78H,3-7,9,11-48,50,52-55H2,1-2H3,(H,69,73)/b10-8+,51-49+. The molecule has 1 amide bonds. The van der Waals surface area contributed by atoms with E-state index in [0.717, 1.165) is 38.5 Å². The summed E-state index contributed by atoms with van der Waals surface area (Å²) in [4.78, 5) is 13.2. The van der Waals surface area contributed by atoms with Crippen molar-refractivity contribution in [2.45, 2.75) is 383 Å². The SMILES string of the molecule is CCC/C=C/CC/C=C/C(O)C(COC1OC(CO)C(OC2OC(CO)C(O)C(O)C2O)C(O)C1O)NC(=O)CCCCCCCCCCCCCCCCCCCCCCCCCCCCCCCCCCCCCCCCCCC. The first-order chi connectivity index (χ1) is 40.1. The Morgan fingerprint density at radius 3 is 1.17 bits per heavy atom. The van der Waals surface area contributed by atoms with Crippen molar-refractivity contribution >= 4 is 5.91 Å². The van der Waals surface area contributed by atoms with E-state index >= 15 is 0 Å². The van der Waals surface area contributed by atoms with Crippen LogP contribution in [0.2, 0.25) is 0 Å². The number of rotatable bonds is 57. The van der Waals surface area contributed by atoms with Gasteiger partial charge in [0.1, 0.15) is 48.8 Å². The van der Waals surface area contributed by atoms with Crippen molar-refractivity contribution in [3.8, 4) is 0 Å². The average Bonchev–Trinajstić information content (AvgIpc) is 3.60. The molecule has 2 heterocycles. The quantitative estimate of drug-likeness (QED) is 0.0204. The molecule has 0 aliphatic carbocycles. The first kappa shape index (κ1) is 76.6. The van der Waals surface area contributed by atoms with Crippen molar-refractivity contribution in [2.24, 2.45) is 0 Å². The summed E-state index contributed by atoms with van der Waals surface area (Å²) in [5.41, 5.74) is 0. The van der Waals surface area contributed by atoms with Gasteiger partial charge in [-0.25, -0.2) is 0 Å². The third kappa shape index (κ3) is 37.9. The molecule has 9 N–H and O–H groups in total. The van der Waals surface area contributed by atoms with Crippen LogP contribution in [0, 0.1) is 0 Å². The summed E-state index contributed by atoms with van der Waals surface area (Å²) < 4.78 is 22.7. The third-order valence-corrected chi connectivity index (χ3v) is 17.1. The highest BCUT2D eigenvalue weighted by Crippen LogP contribution is 2.30. The molecular formula is C68H129NO13. The second kappa shape index (κ2) is 53.7. The number of allylic oxidation sites excluding steroid dienone is 3. The third-order valence-electron chi connectivity index (χ3n) is 17.1. The lowest BCUT2D eigenvalue weighted by molar-refractivity contribution is -0.359. The molecule has 0 bridgehead atoms. The lowest BCUT2D eigenvalue weighted by Gasteiger charge is -2.46. The normalized spacial score (nSPS) is 24.0. The number of hydrogen-bond donors (Lipinski definition) is 9. The maximum absolute atomic E-state index is 13.2. The molecule has 0 aromatic rings. The topological polar surface area (TPSA) is 228 Å². The Hall–Kier alpha value is -1.53. The highest BCUT2D eigenvalue weighted by molar-refractivity contribution is 5.76. The molecule has 0 aromatic carbocycles. The zero-order chi connectivity index (χ0) is 59.5. The fraction of sp³-hybridized carbons (Fsp3) is 0.926. The zero-order valence-corrected chi connectivity index (χ0v) is 52.5. The number of carbonyl (C=O) groups excluding carboxylic acids is 1. The van der Waals surface area contributed by atoms with E-state index in [9.17, 15) is 45.6 Å². The number of amides is 1. The predicted octanol–water partition coefficient (Wildman–Crippen LogP) is 13.6. The van der Waals surface area contributed by atoms with Crippen LogP contribution in [-0.2, 0) is 23.7 Å². The number of unbranched alkanes of at least 4 members (excludes halogenated alkanes) is 42. The molecule has 2 aliphatic heterocycles. The first-order valence-electron chi connectivity index (χ1n) is 34.6. The fourth-order valence-electron chi connectivity index (χ4n) is 11.6. The minimum atomic E-state index is -1.79. The Morgan fingerprint density at radius 1 is 0.427 bits per heavy atom. The number of ether oxygens (including phenoxy) is 4.